The number of ether oxygens (including phenoxy) is 1. The molecule has 0 spiro atoms. The number of esters is 1. The molecule has 0 saturated heterocycles. The van der Waals surface area contributed by atoms with Gasteiger partial charge in [-0.1, -0.05) is 63.6 Å². The van der Waals surface area contributed by atoms with E-state index in [0.717, 1.165) is 19.3 Å². The molecule has 3 rings (SSSR count). The first kappa shape index (κ1) is 17.9. The molecule has 3 atom stereocenters. The first-order chi connectivity index (χ1) is 11.9. The molecule has 134 valence electrons. The van der Waals surface area contributed by atoms with Crippen LogP contribution in [0.25, 0.3) is 0 Å². The number of carbonyl (C=O) groups excluding carboxylic acids is 2. The van der Waals surface area contributed by atoms with Crippen LogP contribution < -0.4 is 0 Å². The Hall–Kier alpha value is -1.90. The van der Waals surface area contributed by atoms with Gasteiger partial charge in [0.25, 0.3) is 0 Å². The Morgan fingerprint density at radius 2 is 1.88 bits per heavy atom. The summed E-state index contributed by atoms with van der Waals surface area (Å²) in [5.41, 5.74) is 1.45. The molecule has 0 aliphatic heterocycles. The molecule has 2 aliphatic rings. The lowest BCUT2D eigenvalue weighted by Gasteiger charge is -2.44. The third-order valence-corrected chi connectivity index (χ3v) is 6.00. The van der Waals surface area contributed by atoms with E-state index < -0.39 is 5.97 Å². The fourth-order valence-electron chi connectivity index (χ4n) is 4.36. The van der Waals surface area contributed by atoms with Crippen LogP contribution in [0.15, 0.2) is 42.0 Å². The van der Waals surface area contributed by atoms with E-state index in [2.05, 4.69) is 45.0 Å². The van der Waals surface area contributed by atoms with E-state index >= 15 is 0 Å². The third-order valence-electron chi connectivity index (χ3n) is 6.00. The Bertz CT molecular complexity index is 672. The van der Waals surface area contributed by atoms with E-state index in [1.54, 1.807) is 6.08 Å². The molecule has 0 bridgehead atoms. The van der Waals surface area contributed by atoms with Gasteiger partial charge in [-0.2, -0.15) is 0 Å². The van der Waals surface area contributed by atoms with Crippen LogP contribution in [0, 0.1) is 11.8 Å². The first-order valence-corrected chi connectivity index (χ1v) is 9.39. The van der Waals surface area contributed by atoms with E-state index in [4.69, 9.17) is 4.74 Å². The second-order valence-corrected chi connectivity index (χ2v) is 8.14. The van der Waals surface area contributed by atoms with Crippen molar-refractivity contribution < 1.29 is 14.3 Å². The Morgan fingerprint density at radius 3 is 2.52 bits per heavy atom. The fourth-order valence-corrected chi connectivity index (χ4v) is 4.36. The largest absolute Gasteiger partial charge is 0.458 e. The summed E-state index contributed by atoms with van der Waals surface area (Å²) < 4.78 is 5.91. The Kier molecular flexibility index (Phi) is 5.12. The number of Topliss-reactive ketones (excluding diaryl/α,β-unsaturated/α-hetero) is 1. The van der Waals surface area contributed by atoms with Gasteiger partial charge in [-0.15, -0.1) is 0 Å². The van der Waals surface area contributed by atoms with Crippen molar-refractivity contribution in [3.63, 3.8) is 0 Å². The molecule has 3 heteroatoms. The highest BCUT2D eigenvalue weighted by molar-refractivity contribution is 6.18. The lowest BCUT2D eigenvalue weighted by molar-refractivity contribution is -0.152. The van der Waals surface area contributed by atoms with Crippen LogP contribution in [0.3, 0.4) is 0 Å². The molecular weight excluding hydrogens is 312 g/mol. The van der Waals surface area contributed by atoms with Gasteiger partial charge < -0.3 is 4.74 Å². The summed E-state index contributed by atoms with van der Waals surface area (Å²) in [7, 11) is 0. The van der Waals surface area contributed by atoms with Crippen molar-refractivity contribution >= 4 is 11.8 Å². The number of allylic oxidation sites excluding steroid dienone is 1. The zero-order chi connectivity index (χ0) is 18.0. The number of benzene rings is 1. The molecular formula is C22H28O3. The van der Waals surface area contributed by atoms with Crippen LogP contribution >= 0.6 is 0 Å². The molecule has 1 aromatic rings. The summed E-state index contributed by atoms with van der Waals surface area (Å²) in [6.07, 6.45) is 5.74. The van der Waals surface area contributed by atoms with Crippen LogP contribution in [0.4, 0.5) is 0 Å². The SMILES string of the molecule is C[C@H]1CC[C@H](C(C)(C)c2ccccc2)[C@@H](OC(=O)C2=CCCC2=O)C1. The minimum Gasteiger partial charge on any atom is -0.458 e. The van der Waals surface area contributed by atoms with E-state index in [0.29, 0.717) is 18.8 Å². The highest BCUT2D eigenvalue weighted by atomic mass is 16.5. The van der Waals surface area contributed by atoms with Crippen LogP contribution in [-0.2, 0) is 19.7 Å². The summed E-state index contributed by atoms with van der Waals surface area (Å²) in [4.78, 5) is 24.4. The number of ketones is 1. The minimum absolute atomic E-state index is 0.0762. The van der Waals surface area contributed by atoms with E-state index in [-0.39, 0.29) is 28.8 Å². The van der Waals surface area contributed by atoms with Crippen LogP contribution in [0.1, 0.15) is 58.4 Å². The summed E-state index contributed by atoms with van der Waals surface area (Å²) in [6.45, 7) is 6.69. The Balaban J connectivity index is 1.81. The monoisotopic (exact) mass is 340 g/mol. The quantitative estimate of drug-likeness (QED) is 0.594. The van der Waals surface area contributed by atoms with Gasteiger partial charge in [-0.05, 0) is 36.2 Å². The maximum absolute atomic E-state index is 12.5. The summed E-state index contributed by atoms with van der Waals surface area (Å²) >= 11 is 0. The molecule has 25 heavy (non-hydrogen) atoms. The van der Waals surface area contributed by atoms with Crippen molar-refractivity contribution in [2.45, 2.75) is 64.4 Å². The smallest absolute Gasteiger partial charge is 0.341 e. The van der Waals surface area contributed by atoms with Crippen LogP contribution in [-0.4, -0.2) is 17.9 Å². The van der Waals surface area contributed by atoms with Crippen LogP contribution in [0.2, 0.25) is 0 Å². The average Bonchev–Trinajstić information content (AvgIpc) is 3.01. The topological polar surface area (TPSA) is 43.4 Å². The average molecular weight is 340 g/mol. The van der Waals surface area contributed by atoms with Gasteiger partial charge in [-0.25, -0.2) is 4.79 Å². The second kappa shape index (κ2) is 7.15. The Morgan fingerprint density at radius 1 is 1.16 bits per heavy atom. The molecule has 0 N–H and O–H groups in total. The molecule has 1 saturated carbocycles. The van der Waals surface area contributed by atoms with Gasteiger partial charge in [0.05, 0.1) is 5.57 Å². The second-order valence-electron chi connectivity index (χ2n) is 8.14. The fraction of sp³-hybridized carbons (Fsp3) is 0.545. The van der Waals surface area contributed by atoms with Crippen molar-refractivity contribution in [2.75, 3.05) is 0 Å². The zero-order valence-electron chi connectivity index (χ0n) is 15.5. The number of hydrogen-bond donors (Lipinski definition) is 0. The lowest BCUT2D eigenvalue weighted by atomic mass is 9.64. The zero-order valence-corrected chi connectivity index (χ0v) is 15.5. The number of hydrogen-bond acceptors (Lipinski definition) is 3. The van der Waals surface area contributed by atoms with Gasteiger partial charge >= 0.3 is 5.97 Å². The maximum Gasteiger partial charge on any atom is 0.341 e. The normalized spacial score (nSPS) is 27.1. The van der Waals surface area contributed by atoms with E-state index in [1.807, 2.05) is 6.07 Å². The van der Waals surface area contributed by atoms with Gasteiger partial charge in [0, 0.05) is 12.3 Å². The number of carbonyl (C=O) groups is 2. The first-order valence-electron chi connectivity index (χ1n) is 9.39. The van der Waals surface area contributed by atoms with Gasteiger partial charge in [0.15, 0.2) is 5.78 Å². The van der Waals surface area contributed by atoms with Crippen molar-refractivity contribution in [1.29, 1.82) is 0 Å². The minimum atomic E-state index is -0.421. The van der Waals surface area contributed by atoms with Crippen LogP contribution in [0.5, 0.6) is 0 Å². The Labute approximate surface area is 150 Å². The summed E-state index contributed by atoms with van der Waals surface area (Å²) in [5, 5.41) is 0. The highest BCUT2D eigenvalue weighted by Gasteiger charge is 2.42. The van der Waals surface area contributed by atoms with Gasteiger partial charge in [0.2, 0.25) is 0 Å². The molecule has 2 aliphatic carbocycles. The van der Waals surface area contributed by atoms with Gasteiger partial charge in [0.1, 0.15) is 6.10 Å². The molecule has 1 aromatic carbocycles. The van der Waals surface area contributed by atoms with Crippen molar-refractivity contribution in [1.82, 2.24) is 0 Å². The molecule has 1 fully saturated rings. The van der Waals surface area contributed by atoms with Crippen molar-refractivity contribution in [2.24, 2.45) is 11.8 Å². The molecule has 0 heterocycles. The van der Waals surface area contributed by atoms with Crippen molar-refractivity contribution in [3.8, 4) is 0 Å². The lowest BCUT2D eigenvalue weighted by Crippen LogP contribution is -2.43. The summed E-state index contributed by atoms with van der Waals surface area (Å²) in [6, 6.07) is 10.5. The van der Waals surface area contributed by atoms with E-state index in [1.165, 1.54) is 5.56 Å². The molecule has 0 amide bonds. The van der Waals surface area contributed by atoms with E-state index in [9.17, 15) is 9.59 Å². The standard InChI is InChI=1S/C22H28O3/c1-15-12-13-18(22(2,3)16-8-5-4-6-9-16)20(14-15)25-21(24)17-10-7-11-19(17)23/h4-6,8-10,15,18,20H,7,11-14H2,1-3H3/t15-,18-,20-/m0/s1. The number of rotatable bonds is 4. The molecule has 0 radical (unpaired) electrons. The predicted molar refractivity (Wildman–Crippen MR) is 98.2 cm³/mol. The van der Waals surface area contributed by atoms with Gasteiger partial charge in [-0.3, -0.25) is 4.79 Å². The molecule has 0 aromatic heterocycles. The predicted octanol–water partition coefficient (Wildman–Crippen LogP) is 4.60. The molecule has 3 nitrogen and oxygen atoms in total. The maximum atomic E-state index is 12.5. The highest BCUT2D eigenvalue weighted by Crippen LogP contribution is 2.43. The van der Waals surface area contributed by atoms with Crippen molar-refractivity contribution in [3.05, 3.63) is 47.5 Å². The third kappa shape index (κ3) is 3.70. The summed E-state index contributed by atoms with van der Waals surface area (Å²) in [5.74, 6) is 0.296. The molecule has 0 unspecified atom stereocenters.